The number of benzene rings is 1. The van der Waals surface area contributed by atoms with E-state index < -0.39 is 10.0 Å². The molecule has 2 rings (SSSR count). The SMILES string of the molecule is CS(=O)(=O)n1nc(N)c(N=Nc2ccccc2Cl)c1N. The van der Waals surface area contributed by atoms with Crippen LogP contribution in [0.2, 0.25) is 5.02 Å². The molecule has 0 aliphatic carbocycles. The molecule has 2 aromatic rings. The predicted molar refractivity (Wildman–Crippen MR) is 76.9 cm³/mol. The van der Waals surface area contributed by atoms with E-state index in [2.05, 4.69) is 15.3 Å². The maximum absolute atomic E-state index is 11.4. The normalized spacial score (nSPS) is 12.1. The molecule has 0 radical (unpaired) electrons. The van der Waals surface area contributed by atoms with Crippen LogP contribution in [0.25, 0.3) is 0 Å². The van der Waals surface area contributed by atoms with Gasteiger partial charge in [-0.3, -0.25) is 0 Å². The fourth-order valence-corrected chi connectivity index (χ4v) is 2.27. The summed E-state index contributed by atoms with van der Waals surface area (Å²) in [6.07, 6.45) is 0.949. The van der Waals surface area contributed by atoms with E-state index in [-0.39, 0.29) is 17.3 Å². The van der Waals surface area contributed by atoms with E-state index in [1.807, 2.05) is 0 Å². The second-order valence-electron chi connectivity index (χ2n) is 3.88. The van der Waals surface area contributed by atoms with Crippen LogP contribution in [0.15, 0.2) is 34.5 Å². The van der Waals surface area contributed by atoms with Crippen molar-refractivity contribution in [3.05, 3.63) is 29.3 Å². The molecule has 10 heteroatoms. The van der Waals surface area contributed by atoms with Gasteiger partial charge in [-0.2, -0.15) is 0 Å². The Morgan fingerprint density at radius 2 is 1.90 bits per heavy atom. The Kier molecular flexibility index (Phi) is 3.64. The molecule has 0 atom stereocenters. The van der Waals surface area contributed by atoms with Crippen molar-refractivity contribution in [2.75, 3.05) is 17.7 Å². The van der Waals surface area contributed by atoms with Crippen molar-refractivity contribution in [2.45, 2.75) is 0 Å². The number of hydrogen-bond acceptors (Lipinski definition) is 7. The summed E-state index contributed by atoms with van der Waals surface area (Å²) in [7, 11) is -3.65. The highest BCUT2D eigenvalue weighted by Crippen LogP contribution is 2.32. The Hall–Kier alpha value is -2.13. The Morgan fingerprint density at radius 3 is 2.45 bits per heavy atom. The summed E-state index contributed by atoms with van der Waals surface area (Å²) < 4.78 is 23.4. The van der Waals surface area contributed by atoms with Crippen molar-refractivity contribution >= 4 is 44.6 Å². The van der Waals surface area contributed by atoms with Crippen LogP contribution < -0.4 is 11.5 Å². The Bertz CT molecular complexity index is 783. The third kappa shape index (κ3) is 2.73. The van der Waals surface area contributed by atoms with E-state index >= 15 is 0 Å². The molecule has 4 N–H and O–H groups in total. The highest BCUT2D eigenvalue weighted by atomic mass is 35.5. The van der Waals surface area contributed by atoms with Crippen molar-refractivity contribution in [1.82, 2.24) is 9.19 Å². The standard InChI is InChI=1S/C10H11ClN6O2S/c1-20(18,19)17-10(13)8(9(12)16-17)15-14-7-5-3-2-4-6(7)11/h2-5H,13H2,1H3,(H2,12,16). The van der Waals surface area contributed by atoms with Crippen LogP contribution in [0.5, 0.6) is 0 Å². The number of azo groups is 1. The van der Waals surface area contributed by atoms with Gasteiger partial charge in [0.15, 0.2) is 17.3 Å². The first-order chi connectivity index (χ1) is 9.30. The molecule has 1 heterocycles. The average Bonchev–Trinajstić information content (AvgIpc) is 2.64. The molecule has 20 heavy (non-hydrogen) atoms. The minimum Gasteiger partial charge on any atom is -0.381 e. The van der Waals surface area contributed by atoms with E-state index in [9.17, 15) is 8.42 Å². The molecule has 8 nitrogen and oxygen atoms in total. The predicted octanol–water partition coefficient (Wildman–Crippen LogP) is 1.92. The molecule has 0 aliphatic rings. The molecule has 0 amide bonds. The van der Waals surface area contributed by atoms with Gasteiger partial charge in [-0.05, 0) is 12.1 Å². The maximum Gasteiger partial charge on any atom is 0.252 e. The monoisotopic (exact) mass is 314 g/mol. The van der Waals surface area contributed by atoms with Gasteiger partial charge in [-0.15, -0.1) is 19.4 Å². The lowest BCUT2D eigenvalue weighted by atomic mass is 10.3. The van der Waals surface area contributed by atoms with E-state index in [1.165, 1.54) is 0 Å². The summed E-state index contributed by atoms with van der Waals surface area (Å²) in [6, 6.07) is 6.75. The van der Waals surface area contributed by atoms with Crippen LogP contribution >= 0.6 is 11.6 Å². The molecule has 1 aromatic heterocycles. The first-order valence-electron chi connectivity index (χ1n) is 5.31. The van der Waals surface area contributed by atoms with E-state index in [0.29, 0.717) is 14.8 Å². The number of rotatable bonds is 3. The summed E-state index contributed by atoms with van der Waals surface area (Å²) in [5.41, 5.74) is 11.6. The van der Waals surface area contributed by atoms with Crippen molar-refractivity contribution in [1.29, 1.82) is 0 Å². The van der Waals surface area contributed by atoms with Gasteiger partial charge in [0, 0.05) is 0 Å². The van der Waals surface area contributed by atoms with Gasteiger partial charge in [0.1, 0.15) is 5.69 Å². The van der Waals surface area contributed by atoms with Gasteiger partial charge in [-0.1, -0.05) is 23.7 Å². The number of hydrogen-bond donors (Lipinski definition) is 2. The lowest BCUT2D eigenvalue weighted by Crippen LogP contribution is -2.14. The van der Waals surface area contributed by atoms with Gasteiger partial charge in [0.25, 0.3) is 10.0 Å². The molecular weight excluding hydrogens is 304 g/mol. The van der Waals surface area contributed by atoms with Crippen molar-refractivity contribution < 1.29 is 8.42 Å². The highest BCUT2D eigenvalue weighted by molar-refractivity contribution is 7.89. The van der Waals surface area contributed by atoms with Crippen molar-refractivity contribution in [2.24, 2.45) is 10.2 Å². The minimum atomic E-state index is -3.65. The number of aromatic nitrogens is 2. The van der Waals surface area contributed by atoms with E-state index in [0.717, 1.165) is 6.26 Å². The first kappa shape index (κ1) is 14.3. The Labute approximate surface area is 120 Å². The Morgan fingerprint density at radius 1 is 1.25 bits per heavy atom. The lowest BCUT2D eigenvalue weighted by molar-refractivity contribution is 0.587. The van der Waals surface area contributed by atoms with Crippen LogP contribution in [-0.4, -0.2) is 23.9 Å². The van der Waals surface area contributed by atoms with Gasteiger partial charge in [0.05, 0.1) is 11.3 Å². The smallest absolute Gasteiger partial charge is 0.252 e. The maximum atomic E-state index is 11.4. The van der Waals surface area contributed by atoms with Gasteiger partial charge in [-0.25, -0.2) is 8.42 Å². The molecule has 0 saturated heterocycles. The van der Waals surface area contributed by atoms with Crippen LogP contribution in [-0.2, 0) is 10.0 Å². The van der Waals surface area contributed by atoms with Crippen LogP contribution in [0.1, 0.15) is 0 Å². The number of anilines is 2. The number of nitrogens with zero attached hydrogens (tertiary/aromatic N) is 4. The molecule has 0 bridgehead atoms. The second kappa shape index (κ2) is 5.10. The van der Waals surface area contributed by atoms with Crippen LogP contribution in [0, 0.1) is 0 Å². The summed E-state index contributed by atoms with van der Waals surface area (Å²) in [5.74, 6) is -0.343. The summed E-state index contributed by atoms with van der Waals surface area (Å²) in [6.45, 7) is 0. The first-order valence-corrected chi connectivity index (χ1v) is 7.54. The zero-order valence-electron chi connectivity index (χ0n) is 10.4. The largest absolute Gasteiger partial charge is 0.381 e. The molecule has 106 valence electrons. The average molecular weight is 315 g/mol. The molecule has 0 unspecified atom stereocenters. The van der Waals surface area contributed by atoms with E-state index in [1.54, 1.807) is 24.3 Å². The third-order valence-electron chi connectivity index (χ3n) is 2.31. The summed E-state index contributed by atoms with van der Waals surface area (Å²) in [5, 5.41) is 11.7. The Balaban J connectivity index is 2.46. The summed E-state index contributed by atoms with van der Waals surface area (Å²) >= 11 is 5.91. The zero-order valence-corrected chi connectivity index (χ0v) is 11.9. The van der Waals surface area contributed by atoms with Gasteiger partial charge < -0.3 is 11.5 Å². The minimum absolute atomic E-state index is 0.0182. The van der Waals surface area contributed by atoms with Crippen LogP contribution in [0.3, 0.4) is 0 Å². The molecule has 0 spiro atoms. The summed E-state index contributed by atoms with van der Waals surface area (Å²) in [4.78, 5) is 0. The van der Waals surface area contributed by atoms with E-state index in [4.69, 9.17) is 23.1 Å². The highest BCUT2D eigenvalue weighted by Gasteiger charge is 2.19. The third-order valence-corrected chi connectivity index (χ3v) is 3.54. The molecule has 1 aromatic carbocycles. The molecule has 0 saturated carbocycles. The topological polar surface area (TPSA) is 129 Å². The lowest BCUT2D eigenvalue weighted by Gasteiger charge is -1.99. The molecule has 0 aliphatic heterocycles. The number of nitrogens with two attached hydrogens (primary N) is 2. The fourth-order valence-electron chi connectivity index (χ4n) is 1.41. The molecule has 0 fully saturated rings. The fraction of sp³-hybridized carbons (Fsp3) is 0.100. The second-order valence-corrected chi connectivity index (χ2v) is 6.10. The van der Waals surface area contributed by atoms with Crippen molar-refractivity contribution in [3.8, 4) is 0 Å². The molecular formula is C10H11ClN6O2S. The zero-order chi connectivity index (χ0) is 14.9. The van der Waals surface area contributed by atoms with Gasteiger partial charge >= 0.3 is 0 Å². The van der Waals surface area contributed by atoms with Crippen LogP contribution in [0.4, 0.5) is 23.0 Å². The number of nitrogen functional groups attached to an aromatic ring is 2. The van der Waals surface area contributed by atoms with Crippen molar-refractivity contribution in [3.63, 3.8) is 0 Å². The quantitative estimate of drug-likeness (QED) is 0.836. The number of halogens is 1. The van der Waals surface area contributed by atoms with Gasteiger partial charge in [0.2, 0.25) is 0 Å².